The molecule has 1 unspecified atom stereocenters. The standard InChI is InChI=1S/C14H18N4O/c1-11(10-18-9-3-8-16-18)17-14(19)12-4-6-13(15-2)7-5-12/h3-9,11,15H,10H2,1-2H3,(H,17,19). The number of aromatic nitrogens is 2. The molecule has 1 aromatic heterocycles. The first-order valence-electron chi connectivity index (χ1n) is 6.25. The highest BCUT2D eigenvalue weighted by Gasteiger charge is 2.10. The zero-order valence-electron chi connectivity index (χ0n) is 11.1. The molecule has 5 heteroatoms. The van der Waals surface area contributed by atoms with E-state index < -0.39 is 0 Å². The fourth-order valence-electron chi connectivity index (χ4n) is 1.83. The number of nitrogens with zero attached hydrogens (tertiary/aromatic N) is 2. The van der Waals surface area contributed by atoms with Gasteiger partial charge in [0.25, 0.3) is 5.91 Å². The Labute approximate surface area is 112 Å². The van der Waals surface area contributed by atoms with Gasteiger partial charge in [0.05, 0.1) is 6.54 Å². The average Bonchev–Trinajstić information content (AvgIpc) is 2.91. The Hall–Kier alpha value is -2.30. The lowest BCUT2D eigenvalue weighted by Crippen LogP contribution is -2.35. The average molecular weight is 258 g/mol. The van der Waals surface area contributed by atoms with Crippen molar-refractivity contribution < 1.29 is 4.79 Å². The van der Waals surface area contributed by atoms with Crippen molar-refractivity contribution in [3.05, 3.63) is 48.3 Å². The van der Waals surface area contributed by atoms with Crippen LogP contribution in [0.5, 0.6) is 0 Å². The van der Waals surface area contributed by atoms with Gasteiger partial charge in [-0.2, -0.15) is 5.10 Å². The summed E-state index contributed by atoms with van der Waals surface area (Å²) >= 11 is 0. The van der Waals surface area contributed by atoms with E-state index in [2.05, 4.69) is 15.7 Å². The summed E-state index contributed by atoms with van der Waals surface area (Å²) in [6, 6.07) is 9.27. The predicted octanol–water partition coefficient (Wildman–Crippen LogP) is 1.74. The van der Waals surface area contributed by atoms with Gasteiger partial charge in [0.1, 0.15) is 0 Å². The van der Waals surface area contributed by atoms with Crippen molar-refractivity contribution in [1.29, 1.82) is 0 Å². The molecular formula is C14H18N4O. The van der Waals surface area contributed by atoms with Gasteiger partial charge in [0.2, 0.25) is 0 Å². The lowest BCUT2D eigenvalue weighted by Gasteiger charge is -2.14. The number of anilines is 1. The number of nitrogens with one attached hydrogen (secondary N) is 2. The van der Waals surface area contributed by atoms with Crippen LogP contribution in [-0.2, 0) is 6.54 Å². The minimum Gasteiger partial charge on any atom is -0.388 e. The number of hydrogen-bond donors (Lipinski definition) is 2. The summed E-state index contributed by atoms with van der Waals surface area (Å²) in [6.45, 7) is 2.62. The van der Waals surface area contributed by atoms with Crippen molar-refractivity contribution in [2.24, 2.45) is 0 Å². The van der Waals surface area contributed by atoms with Gasteiger partial charge >= 0.3 is 0 Å². The molecule has 0 saturated carbocycles. The number of benzene rings is 1. The van der Waals surface area contributed by atoms with Gasteiger partial charge in [-0.3, -0.25) is 9.48 Å². The lowest BCUT2D eigenvalue weighted by molar-refractivity contribution is 0.0936. The molecule has 0 saturated heterocycles. The van der Waals surface area contributed by atoms with Gasteiger partial charge < -0.3 is 10.6 Å². The van der Waals surface area contributed by atoms with E-state index in [1.807, 2.05) is 50.5 Å². The van der Waals surface area contributed by atoms with Crippen molar-refractivity contribution >= 4 is 11.6 Å². The first kappa shape index (κ1) is 13.1. The van der Waals surface area contributed by atoms with Crippen LogP contribution in [0.3, 0.4) is 0 Å². The second-order valence-corrected chi connectivity index (χ2v) is 4.43. The minimum absolute atomic E-state index is 0.0244. The van der Waals surface area contributed by atoms with Gasteiger partial charge in [-0.25, -0.2) is 0 Å². The molecule has 1 amide bonds. The van der Waals surface area contributed by atoms with Crippen molar-refractivity contribution in [1.82, 2.24) is 15.1 Å². The van der Waals surface area contributed by atoms with E-state index >= 15 is 0 Å². The van der Waals surface area contributed by atoms with Crippen molar-refractivity contribution in [3.8, 4) is 0 Å². The molecule has 0 fully saturated rings. The largest absolute Gasteiger partial charge is 0.388 e. The van der Waals surface area contributed by atoms with Gasteiger partial charge in [0, 0.05) is 36.7 Å². The molecule has 1 atom stereocenters. The number of amides is 1. The summed E-state index contributed by atoms with van der Waals surface area (Å²) in [5.74, 6) is -0.0673. The molecule has 1 heterocycles. The molecule has 0 bridgehead atoms. The molecule has 0 spiro atoms. The maximum absolute atomic E-state index is 12.0. The van der Waals surface area contributed by atoms with E-state index in [-0.39, 0.29) is 11.9 Å². The van der Waals surface area contributed by atoms with Crippen molar-refractivity contribution in [2.75, 3.05) is 12.4 Å². The van der Waals surface area contributed by atoms with E-state index in [0.29, 0.717) is 12.1 Å². The maximum atomic E-state index is 12.0. The Morgan fingerprint density at radius 3 is 2.68 bits per heavy atom. The van der Waals surface area contributed by atoms with E-state index in [1.54, 1.807) is 10.9 Å². The van der Waals surface area contributed by atoms with Gasteiger partial charge in [-0.05, 0) is 37.3 Å². The quantitative estimate of drug-likeness (QED) is 0.859. The third-order valence-corrected chi connectivity index (χ3v) is 2.83. The molecular weight excluding hydrogens is 240 g/mol. The SMILES string of the molecule is CNc1ccc(C(=O)NC(C)Cn2cccn2)cc1. The summed E-state index contributed by atoms with van der Waals surface area (Å²) in [4.78, 5) is 12.0. The minimum atomic E-state index is -0.0673. The van der Waals surface area contributed by atoms with Crippen molar-refractivity contribution in [3.63, 3.8) is 0 Å². The van der Waals surface area contributed by atoms with Gasteiger partial charge in [0.15, 0.2) is 0 Å². The van der Waals surface area contributed by atoms with Crippen LogP contribution in [-0.4, -0.2) is 28.8 Å². The first-order valence-corrected chi connectivity index (χ1v) is 6.25. The molecule has 5 nitrogen and oxygen atoms in total. The van der Waals surface area contributed by atoms with Crippen LogP contribution in [0.15, 0.2) is 42.7 Å². The Bertz CT molecular complexity index is 519. The van der Waals surface area contributed by atoms with Crippen LogP contribution < -0.4 is 10.6 Å². The smallest absolute Gasteiger partial charge is 0.251 e. The fourth-order valence-corrected chi connectivity index (χ4v) is 1.83. The molecule has 0 aliphatic heterocycles. The number of carbonyl (C=O) groups is 1. The summed E-state index contributed by atoms with van der Waals surface area (Å²) in [5.41, 5.74) is 1.65. The first-order chi connectivity index (χ1) is 9.19. The fraction of sp³-hybridized carbons (Fsp3) is 0.286. The number of hydrogen-bond acceptors (Lipinski definition) is 3. The van der Waals surface area contributed by atoms with E-state index in [1.165, 1.54) is 0 Å². The number of carbonyl (C=O) groups excluding carboxylic acids is 1. The molecule has 19 heavy (non-hydrogen) atoms. The molecule has 2 N–H and O–H groups in total. The Balaban J connectivity index is 1.92. The zero-order chi connectivity index (χ0) is 13.7. The highest BCUT2D eigenvalue weighted by atomic mass is 16.1. The molecule has 100 valence electrons. The highest BCUT2D eigenvalue weighted by molar-refractivity contribution is 5.94. The lowest BCUT2D eigenvalue weighted by atomic mass is 10.2. The van der Waals surface area contributed by atoms with Gasteiger partial charge in [-0.15, -0.1) is 0 Å². The monoisotopic (exact) mass is 258 g/mol. The summed E-state index contributed by atoms with van der Waals surface area (Å²) < 4.78 is 1.80. The summed E-state index contributed by atoms with van der Waals surface area (Å²) in [6.07, 6.45) is 3.61. The van der Waals surface area contributed by atoms with Crippen LogP contribution in [0.25, 0.3) is 0 Å². The van der Waals surface area contributed by atoms with Crippen LogP contribution in [0, 0.1) is 0 Å². The van der Waals surface area contributed by atoms with Crippen molar-refractivity contribution in [2.45, 2.75) is 19.5 Å². The topological polar surface area (TPSA) is 59.0 Å². The van der Waals surface area contributed by atoms with E-state index in [9.17, 15) is 4.79 Å². The normalized spacial score (nSPS) is 11.9. The van der Waals surface area contributed by atoms with E-state index in [4.69, 9.17) is 0 Å². The molecule has 2 aromatic rings. The predicted molar refractivity (Wildman–Crippen MR) is 75.1 cm³/mol. The maximum Gasteiger partial charge on any atom is 0.251 e. The van der Waals surface area contributed by atoms with E-state index in [0.717, 1.165) is 5.69 Å². The third kappa shape index (κ3) is 3.58. The van der Waals surface area contributed by atoms with Gasteiger partial charge in [-0.1, -0.05) is 0 Å². The Kier molecular flexibility index (Phi) is 4.18. The van der Waals surface area contributed by atoms with Crippen LogP contribution in [0.4, 0.5) is 5.69 Å². The highest BCUT2D eigenvalue weighted by Crippen LogP contribution is 2.08. The number of rotatable bonds is 5. The van der Waals surface area contributed by atoms with Crippen LogP contribution >= 0.6 is 0 Å². The second-order valence-electron chi connectivity index (χ2n) is 4.43. The Morgan fingerprint density at radius 2 is 2.11 bits per heavy atom. The molecule has 0 radical (unpaired) electrons. The molecule has 0 aliphatic rings. The van der Waals surface area contributed by atoms with Crippen LogP contribution in [0.1, 0.15) is 17.3 Å². The summed E-state index contributed by atoms with van der Waals surface area (Å²) in [5, 5.41) is 10.1. The second kappa shape index (κ2) is 6.04. The Morgan fingerprint density at radius 1 is 1.37 bits per heavy atom. The molecule has 0 aliphatic carbocycles. The molecule has 2 rings (SSSR count). The third-order valence-electron chi connectivity index (χ3n) is 2.83. The molecule has 1 aromatic carbocycles. The zero-order valence-corrected chi connectivity index (χ0v) is 11.1. The van der Waals surface area contributed by atoms with Crippen LogP contribution in [0.2, 0.25) is 0 Å². The summed E-state index contributed by atoms with van der Waals surface area (Å²) in [7, 11) is 1.85.